The van der Waals surface area contributed by atoms with Gasteiger partial charge in [0.25, 0.3) is 0 Å². The summed E-state index contributed by atoms with van der Waals surface area (Å²) in [6.45, 7) is 0. The number of amides is 1. The van der Waals surface area contributed by atoms with E-state index in [2.05, 4.69) is 5.32 Å². The molecule has 2 rings (SSSR count). The third-order valence-corrected chi connectivity index (χ3v) is 3.10. The Bertz CT molecular complexity index is 547. The zero-order chi connectivity index (χ0) is 13.3. The largest absolute Gasteiger partial charge is 0.322 e. The summed E-state index contributed by atoms with van der Waals surface area (Å²) in [4.78, 5) is 11.8. The van der Waals surface area contributed by atoms with E-state index in [1.54, 1.807) is 0 Å². The molecule has 6 heteroatoms. The number of nitriles is 1. The predicted molar refractivity (Wildman–Crippen MR) is 56.8 cm³/mol. The summed E-state index contributed by atoms with van der Waals surface area (Å²) in [5, 5.41) is 11.0. The zero-order valence-electron chi connectivity index (χ0n) is 9.27. The number of anilines is 1. The van der Waals surface area contributed by atoms with Crippen molar-refractivity contribution in [2.75, 3.05) is 5.32 Å². The average Bonchev–Trinajstić information content (AvgIpc) is 2.24. The zero-order valence-corrected chi connectivity index (χ0v) is 9.27. The van der Waals surface area contributed by atoms with Gasteiger partial charge < -0.3 is 5.32 Å². The summed E-state index contributed by atoms with van der Waals surface area (Å²) in [5.41, 5.74) is -1.78. The number of hydrogen-bond donors (Lipinski definition) is 1. The van der Waals surface area contributed by atoms with Gasteiger partial charge >= 0.3 is 0 Å². The van der Waals surface area contributed by atoms with Crippen molar-refractivity contribution in [2.45, 2.75) is 19.3 Å². The highest BCUT2D eigenvalue weighted by molar-refractivity contribution is 5.97. The van der Waals surface area contributed by atoms with Gasteiger partial charge in [0.1, 0.15) is 11.2 Å². The van der Waals surface area contributed by atoms with Gasteiger partial charge in [0.2, 0.25) is 5.91 Å². The Morgan fingerprint density at radius 2 is 2.00 bits per heavy atom. The molecule has 1 fully saturated rings. The lowest BCUT2D eigenvalue weighted by molar-refractivity contribution is -0.126. The van der Waals surface area contributed by atoms with Crippen molar-refractivity contribution in [2.24, 2.45) is 5.41 Å². The molecule has 1 aromatic carbocycles. The van der Waals surface area contributed by atoms with Crippen LogP contribution in [0.2, 0.25) is 0 Å². The summed E-state index contributed by atoms with van der Waals surface area (Å²) in [7, 11) is 0. The molecule has 0 aromatic heterocycles. The Morgan fingerprint density at radius 3 is 2.50 bits per heavy atom. The Labute approximate surface area is 101 Å². The van der Waals surface area contributed by atoms with Crippen LogP contribution in [-0.2, 0) is 4.79 Å². The number of hydrogen-bond acceptors (Lipinski definition) is 2. The molecule has 1 aliphatic rings. The molecule has 0 bridgehead atoms. The van der Waals surface area contributed by atoms with E-state index in [4.69, 9.17) is 5.26 Å². The first-order valence-corrected chi connectivity index (χ1v) is 5.36. The van der Waals surface area contributed by atoms with Crippen LogP contribution in [0.5, 0.6) is 0 Å². The molecule has 1 N–H and O–H groups in total. The van der Waals surface area contributed by atoms with E-state index in [9.17, 15) is 18.0 Å². The van der Waals surface area contributed by atoms with E-state index in [0.29, 0.717) is 25.0 Å². The summed E-state index contributed by atoms with van der Waals surface area (Å²) in [5.74, 6) is -4.44. The molecule has 1 aromatic rings. The highest BCUT2D eigenvalue weighted by atomic mass is 19.2. The maximum atomic E-state index is 13.3. The van der Waals surface area contributed by atoms with Gasteiger partial charge in [-0.3, -0.25) is 4.79 Å². The van der Waals surface area contributed by atoms with Crippen molar-refractivity contribution < 1.29 is 18.0 Å². The van der Waals surface area contributed by atoms with E-state index >= 15 is 0 Å². The standard InChI is InChI=1S/C12H9F3N2O/c13-7-4-8(14)10(15)9(5-7)17-11(18)12(6-16)2-1-3-12/h4-5H,1-3H2,(H,17,18). The summed E-state index contributed by atoms with van der Waals surface area (Å²) >= 11 is 0. The molecule has 3 nitrogen and oxygen atoms in total. The molecule has 0 spiro atoms. The number of rotatable bonds is 2. The monoisotopic (exact) mass is 254 g/mol. The van der Waals surface area contributed by atoms with Crippen molar-refractivity contribution in [1.29, 1.82) is 5.26 Å². The van der Waals surface area contributed by atoms with Gasteiger partial charge in [-0.05, 0) is 19.3 Å². The van der Waals surface area contributed by atoms with Crippen molar-refractivity contribution in [1.82, 2.24) is 0 Å². The Morgan fingerprint density at radius 1 is 1.33 bits per heavy atom. The fourth-order valence-corrected chi connectivity index (χ4v) is 1.81. The molecule has 1 aliphatic carbocycles. The molecule has 0 aliphatic heterocycles. The van der Waals surface area contributed by atoms with E-state index in [1.807, 2.05) is 6.07 Å². The minimum absolute atomic E-state index is 0.370. The molecule has 0 radical (unpaired) electrons. The lowest BCUT2D eigenvalue weighted by atomic mass is 9.69. The van der Waals surface area contributed by atoms with Crippen LogP contribution >= 0.6 is 0 Å². The Kier molecular flexibility index (Phi) is 2.99. The molecule has 0 heterocycles. The van der Waals surface area contributed by atoms with Gasteiger partial charge in [-0.15, -0.1) is 0 Å². The van der Waals surface area contributed by atoms with E-state index in [-0.39, 0.29) is 0 Å². The fraction of sp³-hybridized carbons (Fsp3) is 0.333. The minimum atomic E-state index is -1.38. The van der Waals surface area contributed by atoms with Gasteiger partial charge in [-0.1, -0.05) is 0 Å². The number of carbonyl (C=O) groups is 1. The van der Waals surface area contributed by atoms with Crippen molar-refractivity contribution in [3.63, 3.8) is 0 Å². The van der Waals surface area contributed by atoms with Crippen LogP contribution in [0.25, 0.3) is 0 Å². The smallest absolute Gasteiger partial charge is 0.244 e. The predicted octanol–water partition coefficient (Wildman–Crippen LogP) is 2.74. The second kappa shape index (κ2) is 4.33. The minimum Gasteiger partial charge on any atom is -0.322 e. The van der Waals surface area contributed by atoms with Crippen molar-refractivity contribution in [3.05, 3.63) is 29.6 Å². The molecule has 1 amide bonds. The fourth-order valence-electron chi connectivity index (χ4n) is 1.81. The quantitative estimate of drug-likeness (QED) is 0.825. The maximum Gasteiger partial charge on any atom is 0.244 e. The first-order valence-electron chi connectivity index (χ1n) is 5.36. The number of halogens is 3. The second-order valence-corrected chi connectivity index (χ2v) is 4.25. The molecule has 0 unspecified atom stereocenters. The van der Waals surface area contributed by atoms with E-state index in [1.165, 1.54) is 0 Å². The molecule has 0 atom stereocenters. The van der Waals surface area contributed by atoms with E-state index < -0.39 is 34.5 Å². The van der Waals surface area contributed by atoms with Crippen LogP contribution in [0.1, 0.15) is 19.3 Å². The molecular weight excluding hydrogens is 245 g/mol. The van der Waals surface area contributed by atoms with Gasteiger partial charge in [-0.2, -0.15) is 5.26 Å². The van der Waals surface area contributed by atoms with Crippen molar-refractivity contribution in [3.8, 4) is 6.07 Å². The summed E-state index contributed by atoms with van der Waals surface area (Å²) in [6.07, 6.45) is 1.46. The lowest BCUT2D eigenvalue weighted by Crippen LogP contribution is -2.40. The Balaban J connectivity index is 2.25. The highest BCUT2D eigenvalue weighted by Gasteiger charge is 2.44. The topological polar surface area (TPSA) is 52.9 Å². The van der Waals surface area contributed by atoms with Crippen LogP contribution in [0.3, 0.4) is 0 Å². The third kappa shape index (κ3) is 1.92. The number of carbonyl (C=O) groups excluding carboxylic acids is 1. The second-order valence-electron chi connectivity index (χ2n) is 4.25. The van der Waals surface area contributed by atoms with Crippen LogP contribution in [0.4, 0.5) is 18.9 Å². The molecule has 0 saturated heterocycles. The van der Waals surface area contributed by atoms with Crippen LogP contribution in [0.15, 0.2) is 12.1 Å². The molecule has 1 saturated carbocycles. The van der Waals surface area contributed by atoms with Crippen molar-refractivity contribution >= 4 is 11.6 Å². The summed E-state index contributed by atoms with van der Waals surface area (Å²) < 4.78 is 39.2. The number of benzene rings is 1. The van der Waals surface area contributed by atoms with E-state index in [0.717, 1.165) is 6.42 Å². The number of nitrogens with one attached hydrogen (secondary N) is 1. The Hall–Kier alpha value is -2.03. The lowest BCUT2D eigenvalue weighted by Gasteiger charge is -2.33. The average molecular weight is 254 g/mol. The molecule has 18 heavy (non-hydrogen) atoms. The van der Waals surface area contributed by atoms with Crippen LogP contribution < -0.4 is 5.32 Å². The first kappa shape index (κ1) is 12.4. The van der Waals surface area contributed by atoms with Gasteiger partial charge in [0.15, 0.2) is 11.6 Å². The van der Waals surface area contributed by atoms with Gasteiger partial charge in [-0.25, -0.2) is 13.2 Å². The van der Waals surface area contributed by atoms with Crippen LogP contribution in [-0.4, -0.2) is 5.91 Å². The summed E-state index contributed by atoms with van der Waals surface area (Å²) in [6, 6.07) is 2.93. The number of nitrogens with zero attached hydrogens (tertiary/aromatic N) is 1. The highest BCUT2D eigenvalue weighted by Crippen LogP contribution is 2.41. The maximum absolute atomic E-state index is 13.3. The molecular formula is C12H9F3N2O. The third-order valence-electron chi connectivity index (χ3n) is 3.10. The van der Waals surface area contributed by atoms with Gasteiger partial charge in [0, 0.05) is 12.1 Å². The molecule has 94 valence electrons. The normalized spacial score (nSPS) is 16.6. The SMILES string of the molecule is N#CC1(C(=O)Nc2cc(F)cc(F)c2F)CCC1. The van der Waals surface area contributed by atoms with Crippen LogP contribution in [0, 0.1) is 34.2 Å². The first-order chi connectivity index (χ1) is 8.48. The van der Waals surface area contributed by atoms with Gasteiger partial charge in [0.05, 0.1) is 11.8 Å².